The first-order valence-corrected chi connectivity index (χ1v) is 8.87. The van der Waals surface area contributed by atoms with E-state index < -0.39 is 0 Å². The van der Waals surface area contributed by atoms with E-state index in [9.17, 15) is 4.79 Å². The van der Waals surface area contributed by atoms with E-state index in [1.54, 1.807) is 0 Å². The maximum absolute atomic E-state index is 12.1. The second-order valence-corrected chi connectivity index (χ2v) is 7.06. The number of nitrogens with one attached hydrogen (secondary N) is 4. The van der Waals surface area contributed by atoms with Crippen molar-refractivity contribution >= 4 is 6.03 Å². The van der Waals surface area contributed by atoms with Gasteiger partial charge in [0.15, 0.2) is 0 Å². The molecule has 8 nitrogen and oxygen atoms in total. The largest absolute Gasteiger partial charge is 0.323 e. The highest BCUT2D eigenvalue weighted by Gasteiger charge is 2.45. The van der Waals surface area contributed by atoms with Crippen LogP contribution < -0.4 is 21.8 Å². The third kappa shape index (κ3) is 3.46. The number of fused-ring (bicyclic) bond motifs is 1. The predicted octanol–water partition coefficient (Wildman–Crippen LogP) is 0.0236. The third-order valence-corrected chi connectivity index (χ3v) is 5.56. The number of amides is 2. The van der Waals surface area contributed by atoms with Crippen LogP contribution in [-0.2, 0) is 0 Å². The van der Waals surface area contributed by atoms with E-state index >= 15 is 0 Å². The second kappa shape index (κ2) is 7.31. The summed E-state index contributed by atoms with van der Waals surface area (Å²) in [4.78, 5) is 15.9. The van der Waals surface area contributed by atoms with E-state index in [4.69, 9.17) is 0 Å². The molecule has 0 aromatic carbocycles. The lowest BCUT2D eigenvalue weighted by Crippen LogP contribution is -2.52. The Morgan fingerprint density at radius 1 is 1.22 bits per heavy atom. The number of hydrazine groups is 3. The van der Waals surface area contributed by atoms with Crippen molar-refractivity contribution in [2.45, 2.75) is 57.4 Å². The summed E-state index contributed by atoms with van der Waals surface area (Å²) in [6.45, 7) is 4.18. The summed E-state index contributed by atoms with van der Waals surface area (Å²) in [6, 6.07) is 0.944. The Bertz CT molecular complexity index is 421. The van der Waals surface area contributed by atoms with Crippen molar-refractivity contribution in [2.75, 3.05) is 27.2 Å². The highest BCUT2D eigenvalue weighted by atomic mass is 16.2. The minimum atomic E-state index is 0.116. The average molecular weight is 325 g/mol. The molecule has 2 heterocycles. The van der Waals surface area contributed by atoms with Crippen LogP contribution in [-0.4, -0.2) is 66.4 Å². The van der Waals surface area contributed by atoms with Crippen LogP contribution in [0.1, 0.15) is 39.0 Å². The van der Waals surface area contributed by atoms with Gasteiger partial charge in [-0.1, -0.05) is 13.3 Å². The third-order valence-electron chi connectivity index (χ3n) is 5.56. The molecule has 2 saturated heterocycles. The second-order valence-electron chi connectivity index (χ2n) is 7.06. The fraction of sp³-hybridized carbons (Fsp3) is 0.933. The zero-order valence-electron chi connectivity index (χ0n) is 14.5. The quantitative estimate of drug-likeness (QED) is 0.552. The van der Waals surface area contributed by atoms with Gasteiger partial charge in [-0.15, -0.1) is 0 Å². The fourth-order valence-corrected chi connectivity index (χ4v) is 4.07. The van der Waals surface area contributed by atoms with Crippen LogP contribution in [0.4, 0.5) is 4.79 Å². The minimum Gasteiger partial charge on any atom is -0.323 e. The van der Waals surface area contributed by atoms with Crippen LogP contribution in [0.15, 0.2) is 0 Å². The predicted molar refractivity (Wildman–Crippen MR) is 88.7 cm³/mol. The van der Waals surface area contributed by atoms with E-state index in [1.165, 1.54) is 19.3 Å². The lowest BCUT2D eigenvalue weighted by molar-refractivity contribution is 0.128. The molecule has 3 aliphatic rings. The molecule has 0 radical (unpaired) electrons. The first kappa shape index (κ1) is 16.9. The average Bonchev–Trinajstić information content (AvgIpc) is 3.10. The summed E-state index contributed by atoms with van der Waals surface area (Å²) in [6.07, 6.45) is 5.85. The van der Waals surface area contributed by atoms with E-state index in [0.29, 0.717) is 18.0 Å². The van der Waals surface area contributed by atoms with Crippen LogP contribution in [0.5, 0.6) is 0 Å². The van der Waals surface area contributed by atoms with Crippen molar-refractivity contribution in [1.29, 1.82) is 0 Å². The lowest BCUT2D eigenvalue weighted by atomic mass is 9.82. The molecule has 0 aromatic heterocycles. The van der Waals surface area contributed by atoms with Gasteiger partial charge in [0.05, 0.1) is 12.1 Å². The maximum Gasteiger partial charge on any atom is 0.320 e. The minimum absolute atomic E-state index is 0.116. The van der Waals surface area contributed by atoms with Crippen molar-refractivity contribution in [3.63, 3.8) is 0 Å². The van der Waals surface area contributed by atoms with Gasteiger partial charge in [0.2, 0.25) is 0 Å². The lowest BCUT2D eigenvalue weighted by Gasteiger charge is -2.35. The molecule has 2 amide bonds. The molecule has 0 aromatic rings. The summed E-state index contributed by atoms with van der Waals surface area (Å²) in [7, 11) is 3.88. The summed E-state index contributed by atoms with van der Waals surface area (Å²) < 4.78 is 0. The topological polar surface area (TPSA) is 74.9 Å². The Kier molecular flexibility index (Phi) is 5.38. The number of likely N-dealkylation sites (N-methyl/N-ethyl adjacent to an activating group) is 2. The first-order valence-electron chi connectivity index (χ1n) is 8.87. The van der Waals surface area contributed by atoms with Gasteiger partial charge in [-0.05, 0) is 31.6 Å². The standard InChI is InChI=1S/C15H31N7O/c1-4-5-8-22-14(17-18-19-22)16-10-11-6-7-12-13(9-11)21(3)15(23)20(12)2/h11-14,16-19H,4-10H2,1-3H3. The number of nitrogens with zero attached hydrogens (tertiary/aromatic N) is 3. The van der Waals surface area contributed by atoms with E-state index in [0.717, 1.165) is 25.9 Å². The number of carbonyl (C=O) groups excluding carboxylic acids is 1. The molecule has 0 spiro atoms. The SMILES string of the molecule is CCCCN1NNNC1NCC1CCC2C(C1)N(C)C(=O)N2C. The molecule has 4 unspecified atom stereocenters. The maximum atomic E-state index is 12.1. The molecule has 1 aliphatic carbocycles. The number of rotatable bonds is 6. The molecule has 3 fully saturated rings. The Morgan fingerprint density at radius 2 is 2.00 bits per heavy atom. The number of hydrogen-bond acceptors (Lipinski definition) is 6. The van der Waals surface area contributed by atoms with Gasteiger partial charge in [0.1, 0.15) is 6.29 Å². The zero-order valence-corrected chi connectivity index (χ0v) is 14.5. The Morgan fingerprint density at radius 3 is 2.78 bits per heavy atom. The molecule has 8 heteroatoms. The molecular weight excluding hydrogens is 294 g/mol. The van der Waals surface area contributed by atoms with Crippen LogP contribution in [0.3, 0.4) is 0 Å². The van der Waals surface area contributed by atoms with Crippen LogP contribution in [0, 0.1) is 5.92 Å². The van der Waals surface area contributed by atoms with Gasteiger partial charge < -0.3 is 9.80 Å². The Hall–Kier alpha value is -0.930. The van der Waals surface area contributed by atoms with Crippen LogP contribution >= 0.6 is 0 Å². The van der Waals surface area contributed by atoms with Crippen molar-refractivity contribution in [1.82, 2.24) is 36.6 Å². The Balaban J connectivity index is 1.47. The summed E-state index contributed by atoms with van der Waals surface area (Å²) >= 11 is 0. The summed E-state index contributed by atoms with van der Waals surface area (Å²) in [5.41, 5.74) is 9.32. The number of carbonyl (C=O) groups is 1. The molecular formula is C15H31N7O. The van der Waals surface area contributed by atoms with Gasteiger partial charge in [-0.2, -0.15) is 16.1 Å². The fourth-order valence-electron chi connectivity index (χ4n) is 4.07. The molecule has 4 atom stereocenters. The molecule has 0 bridgehead atoms. The normalized spacial score (nSPS) is 35.2. The van der Waals surface area contributed by atoms with Crippen LogP contribution in [0.25, 0.3) is 0 Å². The van der Waals surface area contributed by atoms with Gasteiger partial charge in [0.25, 0.3) is 0 Å². The number of unbranched alkanes of at least 4 members (excludes halogenated alkanes) is 1. The van der Waals surface area contributed by atoms with E-state index in [1.807, 2.05) is 23.9 Å². The van der Waals surface area contributed by atoms with E-state index in [2.05, 4.69) is 33.7 Å². The van der Waals surface area contributed by atoms with Crippen molar-refractivity contribution in [3.8, 4) is 0 Å². The molecule has 3 rings (SSSR count). The molecule has 23 heavy (non-hydrogen) atoms. The highest BCUT2D eigenvalue weighted by Crippen LogP contribution is 2.34. The smallest absolute Gasteiger partial charge is 0.320 e. The van der Waals surface area contributed by atoms with Gasteiger partial charge in [0, 0.05) is 27.2 Å². The van der Waals surface area contributed by atoms with Gasteiger partial charge >= 0.3 is 6.03 Å². The van der Waals surface area contributed by atoms with Crippen molar-refractivity contribution < 1.29 is 4.79 Å². The Labute approximate surface area is 138 Å². The summed E-state index contributed by atoms with van der Waals surface area (Å²) in [5, 5.41) is 5.76. The van der Waals surface area contributed by atoms with Gasteiger partial charge in [-0.25, -0.2) is 10.2 Å². The van der Waals surface area contributed by atoms with Crippen molar-refractivity contribution in [3.05, 3.63) is 0 Å². The van der Waals surface area contributed by atoms with Gasteiger partial charge in [-0.3, -0.25) is 5.32 Å². The molecule has 2 aliphatic heterocycles. The summed E-state index contributed by atoms with van der Waals surface area (Å²) in [5.74, 6) is 0.619. The van der Waals surface area contributed by atoms with E-state index in [-0.39, 0.29) is 12.3 Å². The molecule has 1 saturated carbocycles. The zero-order chi connectivity index (χ0) is 16.4. The number of hydrogen-bond donors (Lipinski definition) is 4. The van der Waals surface area contributed by atoms with Crippen molar-refractivity contribution in [2.24, 2.45) is 5.92 Å². The van der Waals surface area contributed by atoms with Crippen LogP contribution in [0.2, 0.25) is 0 Å². The molecule has 132 valence electrons. The first-order chi connectivity index (χ1) is 11.1. The molecule has 4 N–H and O–H groups in total. The number of urea groups is 1. The highest BCUT2D eigenvalue weighted by molar-refractivity contribution is 5.77. The monoisotopic (exact) mass is 325 g/mol.